The summed E-state index contributed by atoms with van der Waals surface area (Å²) in [6.07, 6.45) is 0. The zero-order valence-electron chi connectivity index (χ0n) is 36.8. The fourth-order valence-corrected chi connectivity index (χ4v) is 10.7. The summed E-state index contributed by atoms with van der Waals surface area (Å²) in [5.41, 5.74) is 12.1. The van der Waals surface area contributed by atoms with Crippen LogP contribution in [0.25, 0.3) is 133 Å². The van der Waals surface area contributed by atoms with Gasteiger partial charge in [-0.1, -0.05) is 188 Å². The molecule has 0 N–H and O–H groups in total. The van der Waals surface area contributed by atoms with Gasteiger partial charge in [0.15, 0.2) is 11.6 Å². The van der Waals surface area contributed by atoms with Gasteiger partial charge in [-0.2, -0.15) is 9.97 Å². The third-order valence-corrected chi connectivity index (χ3v) is 13.8. The summed E-state index contributed by atoms with van der Waals surface area (Å²) < 4.78 is 4.62. The van der Waals surface area contributed by atoms with Gasteiger partial charge < -0.3 is 4.57 Å². The number of rotatable bonds is 6. The van der Waals surface area contributed by atoms with Crippen molar-refractivity contribution in [3.8, 4) is 56.7 Å². The molecule has 316 valence electrons. The number of hydrogen-bond donors (Lipinski definition) is 0. The quantitative estimate of drug-likeness (QED) is 0.156. The fraction of sp³-hybridized carbons (Fsp3) is 0. The summed E-state index contributed by atoms with van der Waals surface area (Å²) in [5.74, 6) is 1.84. The van der Waals surface area contributed by atoms with Crippen molar-refractivity contribution in [1.82, 2.24) is 24.1 Å². The molecule has 0 bridgehead atoms. The third-order valence-electron chi connectivity index (χ3n) is 13.8. The molecule has 0 aliphatic carbocycles. The first-order chi connectivity index (χ1) is 33.7. The second-order valence-corrected chi connectivity index (χ2v) is 17.6. The lowest BCUT2D eigenvalue weighted by molar-refractivity contribution is 0.953. The molecule has 0 saturated heterocycles. The predicted octanol–water partition coefficient (Wildman–Crippen LogP) is 16.2. The Labute approximate surface area is 391 Å². The molecule has 11 aromatic carbocycles. The maximum absolute atomic E-state index is 5.20. The lowest BCUT2D eigenvalue weighted by Crippen LogP contribution is -2.06. The van der Waals surface area contributed by atoms with Gasteiger partial charge in [-0.3, -0.25) is 4.57 Å². The first-order valence-corrected chi connectivity index (χ1v) is 23.1. The van der Waals surface area contributed by atoms with E-state index in [0.717, 1.165) is 44.3 Å². The molecular formula is C63H39N5. The zero-order valence-corrected chi connectivity index (χ0v) is 36.8. The van der Waals surface area contributed by atoms with Crippen LogP contribution in [-0.4, -0.2) is 24.1 Å². The highest BCUT2D eigenvalue weighted by molar-refractivity contribution is 6.29. The van der Waals surface area contributed by atoms with Crippen molar-refractivity contribution in [2.75, 3.05) is 0 Å². The molecule has 0 spiro atoms. The molecule has 0 aliphatic heterocycles. The summed E-state index contributed by atoms with van der Waals surface area (Å²) in [7, 11) is 0. The number of fused-ring (bicyclic) bond motifs is 13. The zero-order chi connectivity index (χ0) is 44.7. The molecule has 0 amide bonds. The van der Waals surface area contributed by atoms with E-state index in [2.05, 4.69) is 209 Å². The van der Waals surface area contributed by atoms with Gasteiger partial charge in [-0.25, -0.2) is 4.98 Å². The Morgan fingerprint density at radius 1 is 0.235 bits per heavy atom. The molecular weight excluding hydrogens is 827 g/mol. The van der Waals surface area contributed by atoms with Crippen molar-refractivity contribution < 1.29 is 0 Å². The maximum atomic E-state index is 5.20. The van der Waals surface area contributed by atoms with Crippen LogP contribution in [0.3, 0.4) is 0 Å². The second-order valence-electron chi connectivity index (χ2n) is 17.6. The van der Waals surface area contributed by atoms with E-state index < -0.39 is 0 Å². The van der Waals surface area contributed by atoms with Gasteiger partial charge in [-0.05, 0) is 103 Å². The lowest BCUT2D eigenvalue weighted by atomic mass is 9.90. The number of aromatic nitrogens is 5. The summed E-state index contributed by atoms with van der Waals surface area (Å²) in [6.45, 7) is 0. The number of para-hydroxylation sites is 2. The van der Waals surface area contributed by atoms with Crippen LogP contribution in [0.2, 0.25) is 0 Å². The van der Waals surface area contributed by atoms with E-state index in [0.29, 0.717) is 17.6 Å². The van der Waals surface area contributed by atoms with E-state index in [9.17, 15) is 0 Å². The van der Waals surface area contributed by atoms with Gasteiger partial charge in [0.05, 0.1) is 22.1 Å². The third kappa shape index (κ3) is 5.93. The van der Waals surface area contributed by atoms with Gasteiger partial charge in [0.2, 0.25) is 5.95 Å². The highest BCUT2D eigenvalue weighted by Crippen LogP contribution is 2.43. The van der Waals surface area contributed by atoms with Crippen molar-refractivity contribution in [1.29, 1.82) is 0 Å². The monoisotopic (exact) mass is 865 g/mol. The van der Waals surface area contributed by atoms with Gasteiger partial charge in [0.25, 0.3) is 0 Å². The van der Waals surface area contributed by atoms with Gasteiger partial charge in [0, 0.05) is 38.4 Å². The second kappa shape index (κ2) is 15.2. The molecule has 14 rings (SSSR count). The average molecular weight is 866 g/mol. The Balaban J connectivity index is 0.936. The molecule has 0 atom stereocenters. The number of benzene rings is 11. The van der Waals surface area contributed by atoms with Gasteiger partial charge in [-0.15, -0.1) is 0 Å². The molecule has 14 aromatic rings. The standard InChI is InChI=1S/C63H39N5/c1-4-16-40(17-5-1)44-30-34-49-47-22-10-11-23-48(47)50-35-31-45(39-54(50)53(49)38-44)41-28-32-46(33-29-41)67-55-26-14-12-24-51(55)59-57(67)36-37-58-60(59)52-25-13-15-27-56(52)68(58)63-65-61(42-18-6-2-7-19-42)64-62(66-63)43-20-8-3-9-21-43/h1-39H. The van der Waals surface area contributed by atoms with Gasteiger partial charge >= 0.3 is 0 Å². The SMILES string of the molecule is c1ccc(-c2ccc3c4ccccc4c4ccc(-c5ccc(-n6c7ccccc7c7c8c9ccccc9n(-c9nc(-c%10ccccc%10)nc(-c%10ccccc%10)n9)c8ccc76)cc5)cc4c3c2)cc1. The maximum Gasteiger partial charge on any atom is 0.238 e. The van der Waals surface area contributed by atoms with Crippen molar-refractivity contribution in [2.24, 2.45) is 0 Å². The normalized spacial score (nSPS) is 11.8. The van der Waals surface area contributed by atoms with Crippen LogP contribution in [0.15, 0.2) is 237 Å². The van der Waals surface area contributed by atoms with Crippen molar-refractivity contribution >= 4 is 75.9 Å². The first-order valence-electron chi connectivity index (χ1n) is 23.1. The van der Waals surface area contributed by atoms with E-state index >= 15 is 0 Å². The molecule has 68 heavy (non-hydrogen) atoms. The van der Waals surface area contributed by atoms with Crippen LogP contribution in [0.5, 0.6) is 0 Å². The molecule has 3 aromatic heterocycles. The molecule has 3 heterocycles. The smallest absolute Gasteiger partial charge is 0.238 e. The van der Waals surface area contributed by atoms with E-state index in [1.165, 1.54) is 70.7 Å². The van der Waals surface area contributed by atoms with Crippen molar-refractivity contribution in [3.05, 3.63) is 237 Å². The fourth-order valence-electron chi connectivity index (χ4n) is 10.7. The van der Waals surface area contributed by atoms with Crippen LogP contribution in [0, 0.1) is 0 Å². The topological polar surface area (TPSA) is 48.5 Å². The molecule has 0 radical (unpaired) electrons. The minimum Gasteiger partial charge on any atom is -0.309 e. The molecule has 0 aliphatic rings. The minimum absolute atomic E-state index is 0.578. The first kappa shape index (κ1) is 38.1. The molecule has 5 nitrogen and oxygen atoms in total. The lowest BCUT2D eigenvalue weighted by Gasteiger charge is -2.14. The van der Waals surface area contributed by atoms with Crippen LogP contribution >= 0.6 is 0 Å². The molecule has 0 fully saturated rings. The van der Waals surface area contributed by atoms with Crippen LogP contribution in [0.4, 0.5) is 0 Å². The van der Waals surface area contributed by atoms with E-state index in [1.54, 1.807) is 0 Å². The number of hydrogen-bond acceptors (Lipinski definition) is 3. The Kier molecular flexibility index (Phi) is 8.52. The largest absolute Gasteiger partial charge is 0.309 e. The molecule has 0 unspecified atom stereocenters. The van der Waals surface area contributed by atoms with Crippen LogP contribution in [0.1, 0.15) is 0 Å². The number of nitrogens with zero attached hydrogens (tertiary/aromatic N) is 5. The van der Waals surface area contributed by atoms with E-state index in [4.69, 9.17) is 15.0 Å². The van der Waals surface area contributed by atoms with Crippen molar-refractivity contribution in [3.63, 3.8) is 0 Å². The highest BCUT2D eigenvalue weighted by atomic mass is 15.2. The highest BCUT2D eigenvalue weighted by Gasteiger charge is 2.23. The molecule has 0 saturated carbocycles. The Hall–Kier alpha value is -9.19. The Morgan fingerprint density at radius 3 is 1.13 bits per heavy atom. The predicted molar refractivity (Wildman–Crippen MR) is 283 cm³/mol. The molecule has 5 heteroatoms. The summed E-state index contributed by atoms with van der Waals surface area (Å²) in [6, 6.07) is 84.7. The summed E-state index contributed by atoms with van der Waals surface area (Å²) in [4.78, 5) is 15.4. The van der Waals surface area contributed by atoms with E-state index in [-0.39, 0.29) is 0 Å². The van der Waals surface area contributed by atoms with Crippen LogP contribution in [-0.2, 0) is 0 Å². The van der Waals surface area contributed by atoms with Crippen LogP contribution < -0.4 is 0 Å². The van der Waals surface area contributed by atoms with Crippen molar-refractivity contribution in [2.45, 2.75) is 0 Å². The van der Waals surface area contributed by atoms with Gasteiger partial charge in [0.1, 0.15) is 0 Å². The Morgan fingerprint density at radius 2 is 0.618 bits per heavy atom. The Bertz CT molecular complexity index is 4230. The summed E-state index contributed by atoms with van der Waals surface area (Å²) >= 11 is 0. The van der Waals surface area contributed by atoms with E-state index in [1.807, 2.05) is 36.4 Å². The summed E-state index contributed by atoms with van der Waals surface area (Å²) in [5, 5.41) is 12.3. The minimum atomic E-state index is 0.578. The average Bonchev–Trinajstić information content (AvgIpc) is 3.94.